The second-order valence-corrected chi connectivity index (χ2v) is 3.25. The Morgan fingerprint density at radius 2 is 2.12 bits per heavy atom. The van der Waals surface area contributed by atoms with Gasteiger partial charge < -0.3 is 9.52 Å². The van der Waals surface area contributed by atoms with Crippen LogP contribution in [0, 0.1) is 5.82 Å². The van der Waals surface area contributed by atoms with Gasteiger partial charge in [-0.2, -0.15) is 4.98 Å². The zero-order valence-corrected chi connectivity index (χ0v) is 8.53. The Labute approximate surface area is 94.3 Å². The highest BCUT2D eigenvalue weighted by Crippen LogP contribution is 2.28. The molecule has 0 aliphatic heterocycles. The number of aromatic carboxylic acids is 1. The maximum absolute atomic E-state index is 13.4. The minimum atomic E-state index is -1.33. The fourth-order valence-corrected chi connectivity index (χ4v) is 1.43. The van der Waals surface area contributed by atoms with Gasteiger partial charge in [-0.3, -0.25) is 0 Å². The molecule has 1 N–H and O–H groups in total. The number of aromatic nitrogens is 1. The number of benzene rings is 1. The van der Waals surface area contributed by atoms with Gasteiger partial charge in [0.25, 0.3) is 5.35 Å². The van der Waals surface area contributed by atoms with Crippen LogP contribution in [0.2, 0.25) is 5.35 Å². The van der Waals surface area contributed by atoms with Crippen molar-refractivity contribution in [3.63, 3.8) is 0 Å². The summed E-state index contributed by atoms with van der Waals surface area (Å²) in [6, 6.07) is 5.62. The first-order valence-electron chi connectivity index (χ1n) is 4.24. The van der Waals surface area contributed by atoms with Crippen molar-refractivity contribution in [2.75, 3.05) is 0 Å². The number of hydrogen-bond donors (Lipinski definition) is 1. The topological polar surface area (TPSA) is 63.3 Å². The zero-order valence-electron chi connectivity index (χ0n) is 7.78. The van der Waals surface area contributed by atoms with Gasteiger partial charge in [0, 0.05) is 0 Å². The molecule has 0 unspecified atom stereocenters. The second-order valence-electron chi connectivity index (χ2n) is 2.93. The standard InChI is InChI=1S/C10H5ClFNO3/c11-10-13-7(9(14)15)8(16-10)5-3-1-2-4-6(5)12/h1-4H,(H,14,15). The summed E-state index contributed by atoms with van der Waals surface area (Å²) in [4.78, 5) is 14.3. The Morgan fingerprint density at radius 3 is 2.75 bits per heavy atom. The van der Waals surface area contributed by atoms with Crippen LogP contribution < -0.4 is 0 Å². The number of rotatable bonds is 2. The molecule has 1 heterocycles. The van der Waals surface area contributed by atoms with E-state index in [4.69, 9.17) is 21.1 Å². The summed E-state index contributed by atoms with van der Waals surface area (Å²) in [5.74, 6) is -2.11. The second kappa shape index (κ2) is 3.94. The number of nitrogens with zero attached hydrogens (tertiary/aromatic N) is 1. The van der Waals surface area contributed by atoms with E-state index < -0.39 is 17.5 Å². The minimum absolute atomic E-state index is 0.0132. The van der Waals surface area contributed by atoms with Crippen LogP contribution in [0.15, 0.2) is 28.7 Å². The highest BCUT2D eigenvalue weighted by molar-refractivity contribution is 6.28. The highest BCUT2D eigenvalue weighted by atomic mass is 35.5. The number of halogens is 2. The fraction of sp³-hybridized carbons (Fsp3) is 0. The summed E-state index contributed by atoms with van der Waals surface area (Å²) in [7, 11) is 0. The average Bonchev–Trinajstić information content (AvgIpc) is 2.61. The molecule has 16 heavy (non-hydrogen) atoms. The Kier molecular flexibility index (Phi) is 2.62. The third kappa shape index (κ3) is 1.77. The van der Waals surface area contributed by atoms with Crippen LogP contribution in [-0.2, 0) is 0 Å². The molecule has 0 saturated carbocycles. The molecule has 82 valence electrons. The van der Waals surface area contributed by atoms with Crippen molar-refractivity contribution in [2.24, 2.45) is 0 Å². The molecule has 0 bridgehead atoms. The van der Waals surface area contributed by atoms with E-state index in [1.165, 1.54) is 18.2 Å². The van der Waals surface area contributed by atoms with E-state index in [2.05, 4.69) is 4.98 Å². The molecule has 0 radical (unpaired) electrons. The van der Waals surface area contributed by atoms with Crippen LogP contribution in [0.3, 0.4) is 0 Å². The lowest BCUT2D eigenvalue weighted by atomic mass is 10.1. The predicted octanol–water partition coefficient (Wildman–Crippen LogP) is 2.83. The molecule has 0 spiro atoms. The molecule has 1 aromatic carbocycles. The Bertz CT molecular complexity index is 553. The van der Waals surface area contributed by atoms with Gasteiger partial charge in [-0.05, 0) is 23.7 Å². The maximum atomic E-state index is 13.4. The number of carboxylic acid groups (broad SMARTS) is 1. The molecule has 0 amide bonds. The van der Waals surface area contributed by atoms with Gasteiger partial charge in [0.2, 0.25) is 0 Å². The Hall–Kier alpha value is -1.88. The largest absolute Gasteiger partial charge is 0.476 e. The monoisotopic (exact) mass is 241 g/mol. The van der Waals surface area contributed by atoms with E-state index in [1.807, 2.05) is 0 Å². The predicted molar refractivity (Wildman–Crippen MR) is 53.9 cm³/mol. The summed E-state index contributed by atoms with van der Waals surface area (Å²) in [5, 5.41) is 8.49. The van der Waals surface area contributed by atoms with Gasteiger partial charge >= 0.3 is 5.97 Å². The maximum Gasteiger partial charge on any atom is 0.358 e. The van der Waals surface area contributed by atoms with Crippen LogP contribution >= 0.6 is 11.6 Å². The smallest absolute Gasteiger partial charge is 0.358 e. The van der Waals surface area contributed by atoms with Gasteiger partial charge in [0.05, 0.1) is 5.56 Å². The Morgan fingerprint density at radius 1 is 1.44 bits per heavy atom. The molecule has 6 heteroatoms. The molecule has 2 aromatic rings. The van der Waals surface area contributed by atoms with E-state index in [0.717, 1.165) is 0 Å². The molecule has 0 atom stereocenters. The van der Waals surface area contributed by atoms with Crippen molar-refractivity contribution < 1.29 is 18.7 Å². The minimum Gasteiger partial charge on any atom is -0.476 e. The molecule has 4 nitrogen and oxygen atoms in total. The van der Waals surface area contributed by atoms with Crippen molar-refractivity contribution in [3.8, 4) is 11.3 Å². The lowest BCUT2D eigenvalue weighted by molar-refractivity contribution is 0.0691. The quantitative estimate of drug-likeness (QED) is 0.878. The molecule has 1 aromatic heterocycles. The summed E-state index contributed by atoms with van der Waals surface area (Å²) >= 11 is 5.45. The first-order chi connectivity index (χ1) is 7.59. The van der Waals surface area contributed by atoms with Crippen molar-refractivity contribution in [2.45, 2.75) is 0 Å². The molecule has 0 saturated heterocycles. The highest BCUT2D eigenvalue weighted by Gasteiger charge is 2.22. The SMILES string of the molecule is O=C(O)c1nc(Cl)oc1-c1ccccc1F. The van der Waals surface area contributed by atoms with Crippen LogP contribution in [0.1, 0.15) is 10.5 Å². The zero-order chi connectivity index (χ0) is 11.7. The van der Waals surface area contributed by atoms with Gasteiger partial charge in [-0.15, -0.1) is 0 Å². The molecule has 0 fully saturated rings. The summed E-state index contributed by atoms with van der Waals surface area (Å²) < 4.78 is 18.3. The van der Waals surface area contributed by atoms with Crippen LogP contribution in [0.4, 0.5) is 4.39 Å². The van der Waals surface area contributed by atoms with Crippen LogP contribution in [-0.4, -0.2) is 16.1 Å². The summed E-state index contributed by atoms with van der Waals surface area (Å²) in [6.45, 7) is 0. The van der Waals surface area contributed by atoms with E-state index in [0.29, 0.717) is 0 Å². The van der Waals surface area contributed by atoms with Crippen molar-refractivity contribution >= 4 is 17.6 Å². The third-order valence-corrected chi connectivity index (χ3v) is 2.08. The first kappa shape index (κ1) is 10.6. The first-order valence-corrected chi connectivity index (χ1v) is 4.62. The van der Waals surface area contributed by atoms with Gasteiger partial charge in [0.15, 0.2) is 11.5 Å². The molecule has 0 aliphatic carbocycles. The fourth-order valence-electron chi connectivity index (χ4n) is 1.27. The average molecular weight is 242 g/mol. The van der Waals surface area contributed by atoms with E-state index in [9.17, 15) is 9.18 Å². The van der Waals surface area contributed by atoms with Crippen LogP contribution in [0.5, 0.6) is 0 Å². The number of carboxylic acids is 1. The summed E-state index contributed by atoms with van der Waals surface area (Å²) in [5.41, 5.74) is -0.394. The van der Waals surface area contributed by atoms with E-state index in [-0.39, 0.29) is 16.7 Å². The van der Waals surface area contributed by atoms with Crippen molar-refractivity contribution in [1.82, 2.24) is 4.98 Å². The molecule has 0 aliphatic rings. The summed E-state index contributed by atoms with van der Waals surface area (Å²) in [6.07, 6.45) is 0. The molecular weight excluding hydrogens is 237 g/mol. The van der Waals surface area contributed by atoms with Crippen molar-refractivity contribution in [3.05, 3.63) is 41.1 Å². The lowest BCUT2D eigenvalue weighted by Gasteiger charge is -1.98. The van der Waals surface area contributed by atoms with Crippen LogP contribution in [0.25, 0.3) is 11.3 Å². The van der Waals surface area contributed by atoms with Gasteiger partial charge in [-0.25, -0.2) is 9.18 Å². The molecular formula is C10H5ClFNO3. The van der Waals surface area contributed by atoms with Crippen molar-refractivity contribution in [1.29, 1.82) is 0 Å². The number of hydrogen-bond acceptors (Lipinski definition) is 3. The van der Waals surface area contributed by atoms with E-state index in [1.54, 1.807) is 6.07 Å². The van der Waals surface area contributed by atoms with E-state index >= 15 is 0 Å². The number of carbonyl (C=O) groups is 1. The van der Waals surface area contributed by atoms with Gasteiger partial charge in [0.1, 0.15) is 5.82 Å². The lowest BCUT2D eigenvalue weighted by Crippen LogP contribution is -1.99. The van der Waals surface area contributed by atoms with Gasteiger partial charge in [-0.1, -0.05) is 12.1 Å². The normalized spacial score (nSPS) is 10.4. The number of oxazole rings is 1. The Balaban J connectivity index is 2.64. The third-order valence-electron chi connectivity index (χ3n) is 1.92. The molecule has 2 rings (SSSR count).